The van der Waals surface area contributed by atoms with Gasteiger partial charge in [0, 0.05) is 12.7 Å². The Morgan fingerprint density at radius 3 is 2.48 bits per heavy atom. The van der Waals surface area contributed by atoms with E-state index in [-0.39, 0.29) is 18.0 Å². The second kappa shape index (κ2) is 5.89. The Balaban J connectivity index is 2.45. The average Bonchev–Trinajstić information content (AvgIpc) is 2.88. The van der Waals surface area contributed by atoms with E-state index in [2.05, 4.69) is 10.4 Å². The third kappa shape index (κ3) is 3.44. The summed E-state index contributed by atoms with van der Waals surface area (Å²) in [5, 5.41) is 7.06. The van der Waals surface area contributed by atoms with Gasteiger partial charge in [0.1, 0.15) is 0 Å². The Bertz CT molecular complexity index is 615. The van der Waals surface area contributed by atoms with E-state index in [0.717, 1.165) is 11.8 Å². The summed E-state index contributed by atoms with van der Waals surface area (Å²) in [7, 11) is 1.62. The molecule has 114 valence electrons. The van der Waals surface area contributed by atoms with Gasteiger partial charge < -0.3 is 5.32 Å². The maximum absolute atomic E-state index is 13.1. The molecular weight excluding hydrogens is 279 g/mol. The highest BCUT2D eigenvalue weighted by molar-refractivity contribution is 5.42. The largest absolute Gasteiger partial charge is 0.416 e. The van der Waals surface area contributed by atoms with Gasteiger partial charge in [0.2, 0.25) is 0 Å². The summed E-state index contributed by atoms with van der Waals surface area (Å²) in [6.45, 7) is 4.15. The molecule has 1 aromatic carbocycles. The van der Waals surface area contributed by atoms with Crippen molar-refractivity contribution in [2.24, 2.45) is 0 Å². The van der Waals surface area contributed by atoms with Gasteiger partial charge in [0.15, 0.2) is 0 Å². The number of alkyl halides is 3. The van der Waals surface area contributed by atoms with E-state index in [1.54, 1.807) is 19.3 Å². The van der Waals surface area contributed by atoms with Gasteiger partial charge in [0.05, 0.1) is 16.9 Å². The van der Waals surface area contributed by atoms with Gasteiger partial charge in [-0.1, -0.05) is 19.9 Å². The lowest BCUT2D eigenvalue weighted by Crippen LogP contribution is -2.15. The Hall–Kier alpha value is -1.82. The minimum atomic E-state index is -4.38. The van der Waals surface area contributed by atoms with Gasteiger partial charge in [-0.05, 0) is 36.7 Å². The fraction of sp³-hybridized carbons (Fsp3) is 0.400. The van der Waals surface area contributed by atoms with Crippen LogP contribution in [0.1, 0.15) is 36.6 Å². The number of hydrogen-bond donors (Lipinski definition) is 1. The third-order valence-corrected chi connectivity index (χ3v) is 3.23. The lowest BCUT2D eigenvalue weighted by atomic mass is 10.1. The molecule has 0 fully saturated rings. The first kappa shape index (κ1) is 15.6. The van der Waals surface area contributed by atoms with Crippen LogP contribution < -0.4 is 5.32 Å². The van der Waals surface area contributed by atoms with Gasteiger partial charge in [-0.15, -0.1) is 0 Å². The molecule has 0 unspecified atom stereocenters. The minimum absolute atomic E-state index is 0.172. The number of hydrogen-bond acceptors (Lipinski definition) is 2. The van der Waals surface area contributed by atoms with Gasteiger partial charge in [-0.3, -0.25) is 0 Å². The quantitative estimate of drug-likeness (QED) is 0.932. The van der Waals surface area contributed by atoms with Crippen LogP contribution in [-0.2, 0) is 12.7 Å². The molecule has 1 aromatic heterocycles. The number of halogens is 3. The van der Waals surface area contributed by atoms with Crippen molar-refractivity contribution in [1.82, 2.24) is 15.1 Å². The highest BCUT2D eigenvalue weighted by Gasteiger charge is 2.33. The Labute approximate surface area is 121 Å². The molecule has 0 aliphatic carbocycles. The van der Waals surface area contributed by atoms with E-state index < -0.39 is 11.7 Å². The van der Waals surface area contributed by atoms with Gasteiger partial charge in [-0.25, -0.2) is 4.68 Å². The van der Waals surface area contributed by atoms with Crippen LogP contribution in [0.25, 0.3) is 5.69 Å². The summed E-state index contributed by atoms with van der Waals surface area (Å²) in [5.41, 5.74) is 0.859. The van der Waals surface area contributed by atoms with Crippen molar-refractivity contribution in [1.29, 1.82) is 0 Å². The Kier molecular flexibility index (Phi) is 4.37. The number of rotatable bonds is 4. The van der Waals surface area contributed by atoms with Crippen LogP contribution in [0.3, 0.4) is 0 Å². The molecule has 0 spiro atoms. The second-order valence-corrected chi connectivity index (χ2v) is 5.21. The summed E-state index contributed by atoms with van der Waals surface area (Å²) >= 11 is 0. The normalized spacial score (nSPS) is 12.1. The third-order valence-electron chi connectivity index (χ3n) is 3.23. The summed E-state index contributed by atoms with van der Waals surface area (Å²) in [4.78, 5) is 0. The van der Waals surface area contributed by atoms with Crippen LogP contribution in [0.4, 0.5) is 13.2 Å². The summed E-state index contributed by atoms with van der Waals surface area (Å²) in [6, 6.07) is 6.10. The zero-order valence-electron chi connectivity index (χ0n) is 12.2. The number of aromatic nitrogens is 2. The van der Waals surface area contributed by atoms with E-state index in [1.807, 2.05) is 19.9 Å². The maximum Gasteiger partial charge on any atom is 0.416 e. The van der Waals surface area contributed by atoms with Crippen LogP contribution >= 0.6 is 0 Å². The molecule has 0 radical (unpaired) electrons. The number of nitrogens with one attached hydrogen (secondary N) is 1. The zero-order chi connectivity index (χ0) is 15.6. The molecule has 0 amide bonds. The molecule has 21 heavy (non-hydrogen) atoms. The molecule has 0 aliphatic heterocycles. The zero-order valence-corrected chi connectivity index (χ0v) is 12.2. The van der Waals surface area contributed by atoms with Crippen LogP contribution in [0.15, 0.2) is 30.5 Å². The molecule has 2 rings (SSSR count). The molecule has 1 heterocycles. The van der Waals surface area contributed by atoms with Crippen molar-refractivity contribution in [3.63, 3.8) is 0 Å². The van der Waals surface area contributed by atoms with Crippen LogP contribution in [0.2, 0.25) is 0 Å². The average molecular weight is 297 g/mol. The van der Waals surface area contributed by atoms with Crippen molar-refractivity contribution in [2.75, 3.05) is 7.05 Å². The fourth-order valence-electron chi connectivity index (χ4n) is 2.11. The molecule has 0 atom stereocenters. The second-order valence-electron chi connectivity index (χ2n) is 5.21. The first-order valence-corrected chi connectivity index (χ1v) is 6.73. The van der Waals surface area contributed by atoms with Gasteiger partial charge in [-0.2, -0.15) is 18.3 Å². The van der Waals surface area contributed by atoms with Crippen molar-refractivity contribution in [2.45, 2.75) is 32.5 Å². The molecule has 0 bridgehead atoms. The highest BCUT2D eigenvalue weighted by atomic mass is 19.4. The van der Waals surface area contributed by atoms with Crippen LogP contribution in [0, 0.1) is 0 Å². The summed E-state index contributed by atoms with van der Waals surface area (Å²) in [5.74, 6) is 0.233. The summed E-state index contributed by atoms with van der Waals surface area (Å²) in [6.07, 6.45) is -2.70. The van der Waals surface area contributed by atoms with Crippen molar-refractivity contribution in [3.05, 3.63) is 47.3 Å². The van der Waals surface area contributed by atoms with Crippen molar-refractivity contribution in [3.8, 4) is 5.69 Å². The standard InChI is InChI=1S/C15H18F3N3/c1-10(2)14-6-7-21(20-14)12-5-4-11(9-19-3)13(8-12)15(16,17)18/h4-8,10,19H,9H2,1-3H3. The van der Waals surface area contributed by atoms with Crippen LogP contribution in [-0.4, -0.2) is 16.8 Å². The highest BCUT2D eigenvalue weighted by Crippen LogP contribution is 2.33. The lowest BCUT2D eigenvalue weighted by Gasteiger charge is -2.14. The molecule has 6 heteroatoms. The van der Waals surface area contributed by atoms with E-state index >= 15 is 0 Å². The predicted octanol–water partition coefficient (Wildman–Crippen LogP) is 3.73. The van der Waals surface area contributed by atoms with Gasteiger partial charge in [0.25, 0.3) is 0 Å². The molecule has 0 saturated heterocycles. The number of nitrogens with zero attached hydrogens (tertiary/aromatic N) is 2. The van der Waals surface area contributed by atoms with Crippen molar-refractivity contribution < 1.29 is 13.2 Å². The topological polar surface area (TPSA) is 29.9 Å². The first-order valence-electron chi connectivity index (χ1n) is 6.73. The van der Waals surface area contributed by atoms with E-state index in [0.29, 0.717) is 5.69 Å². The number of benzene rings is 1. The monoisotopic (exact) mass is 297 g/mol. The molecule has 2 aromatic rings. The van der Waals surface area contributed by atoms with E-state index in [4.69, 9.17) is 0 Å². The smallest absolute Gasteiger partial charge is 0.316 e. The van der Waals surface area contributed by atoms with Gasteiger partial charge >= 0.3 is 6.18 Å². The van der Waals surface area contributed by atoms with Crippen molar-refractivity contribution >= 4 is 0 Å². The SMILES string of the molecule is CNCc1ccc(-n2ccc(C(C)C)n2)cc1C(F)(F)F. The van der Waals surface area contributed by atoms with Crippen LogP contribution in [0.5, 0.6) is 0 Å². The molecule has 1 N–H and O–H groups in total. The van der Waals surface area contributed by atoms with E-state index in [1.165, 1.54) is 10.7 Å². The first-order chi connectivity index (χ1) is 9.82. The fourth-order valence-corrected chi connectivity index (χ4v) is 2.11. The maximum atomic E-state index is 13.1. The minimum Gasteiger partial charge on any atom is -0.316 e. The molecule has 3 nitrogen and oxygen atoms in total. The molecular formula is C15H18F3N3. The Morgan fingerprint density at radius 2 is 1.95 bits per heavy atom. The predicted molar refractivity (Wildman–Crippen MR) is 75.4 cm³/mol. The van der Waals surface area contributed by atoms with E-state index in [9.17, 15) is 13.2 Å². The molecule has 0 aliphatic rings. The lowest BCUT2D eigenvalue weighted by molar-refractivity contribution is -0.138. The summed E-state index contributed by atoms with van der Waals surface area (Å²) < 4.78 is 40.9. The Morgan fingerprint density at radius 1 is 1.24 bits per heavy atom. The molecule has 0 saturated carbocycles.